The van der Waals surface area contributed by atoms with Crippen LogP contribution in [0.5, 0.6) is 0 Å². The Bertz CT molecular complexity index is 832. The molecule has 4 atom stereocenters. The number of hydroxylamine groups is 1. The Hall–Kier alpha value is -1.61. The van der Waals surface area contributed by atoms with E-state index in [0.717, 1.165) is 0 Å². The first kappa shape index (κ1) is 32.4. The summed E-state index contributed by atoms with van der Waals surface area (Å²) in [5.74, 6) is -3.02. The van der Waals surface area contributed by atoms with Crippen LogP contribution in [0.1, 0.15) is 25.7 Å². The Morgan fingerprint density at radius 3 is 1.85 bits per heavy atom. The molecule has 0 aliphatic carbocycles. The van der Waals surface area contributed by atoms with Gasteiger partial charge in [-0.2, -0.15) is 0 Å². The molecule has 200 valence electrons. The van der Waals surface area contributed by atoms with Crippen LogP contribution in [0.2, 0.25) is 0 Å². The number of aliphatic carboxylic acids is 2. The Labute approximate surface area is 204 Å². The van der Waals surface area contributed by atoms with Crippen LogP contribution >= 0.6 is 15.6 Å². The summed E-state index contributed by atoms with van der Waals surface area (Å²) in [6.07, 6.45) is 0.814. The molecule has 34 heavy (non-hydrogen) atoms. The second-order valence-electron chi connectivity index (χ2n) is 6.16. The summed E-state index contributed by atoms with van der Waals surface area (Å²) in [7, 11) is -10.2. The number of aliphatic imine (C=N–C) groups is 2. The van der Waals surface area contributed by atoms with E-state index in [-0.39, 0.29) is 38.3 Å². The van der Waals surface area contributed by atoms with Gasteiger partial charge in [0, 0.05) is 0 Å². The van der Waals surface area contributed by atoms with Gasteiger partial charge in [0.1, 0.15) is 0 Å². The molecular weight excluding hydrogens is 621 g/mol. The van der Waals surface area contributed by atoms with Crippen molar-refractivity contribution in [2.75, 3.05) is 13.1 Å². The zero-order chi connectivity index (χ0) is 26.4. The van der Waals surface area contributed by atoms with Gasteiger partial charge >= 0.3 is 189 Å². The number of nitrogens with two attached hydrogens (primary N) is 4. The SMILES string of the molecule is NC(=NCCCC(N)C(=O)O)NOP(=O)(O)OP(=O)(O)O[I-]NC(N)=NCCCC(N)C(=O)O. The summed E-state index contributed by atoms with van der Waals surface area (Å²) in [4.78, 5) is 47.6. The van der Waals surface area contributed by atoms with E-state index in [4.69, 9.17) is 33.1 Å². The molecule has 0 aromatic carbocycles. The average Bonchev–Trinajstić information content (AvgIpc) is 2.71. The monoisotopic (exact) mass is 649 g/mol. The second kappa shape index (κ2) is 16.1. The summed E-state index contributed by atoms with van der Waals surface area (Å²) in [5, 5.41) is 17.3. The molecule has 0 saturated heterocycles. The van der Waals surface area contributed by atoms with Crippen molar-refractivity contribution in [2.45, 2.75) is 37.8 Å². The topological polar surface area (TPSA) is 330 Å². The van der Waals surface area contributed by atoms with Crippen LogP contribution in [0.15, 0.2) is 9.98 Å². The molecule has 4 unspecified atom stereocenters. The van der Waals surface area contributed by atoms with Crippen molar-refractivity contribution in [1.82, 2.24) is 9.01 Å². The van der Waals surface area contributed by atoms with Crippen LogP contribution < -0.4 is 53.8 Å². The van der Waals surface area contributed by atoms with Gasteiger partial charge in [0.25, 0.3) is 0 Å². The number of carboxylic acid groups (broad SMARTS) is 2. The number of rotatable bonds is 17. The van der Waals surface area contributed by atoms with E-state index in [0.29, 0.717) is 6.42 Å². The molecule has 22 heteroatoms. The van der Waals surface area contributed by atoms with E-state index in [9.17, 15) is 28.5 Å². The summed E-state index contributed by atoms with van der Waals surface area (Å²) in [6, 6.07) is -2.11. The number of phosphoric acid groups is 2. The summed E-state index contributed by atoms with van der Waals surface area (Å²) in [6.45, 7) is 0.129. The zero-order valence-corrected chi connectivity index (χ0v) is 21.5. The molecule has 14 N–H and O–H groups in total. The van der Waals surface area contributed by atoms with Gasteiger partial charge in [-0.25, -0.2) is 0 Å². The van der Waals surface area contributed by atoms with Gasteiger partial charge in [-0.05, 0) is 0 Å². The molecule has 0 bridgehead atoms. The van der Waals surface area contributed by atoms with Gasteiger partial charge < -0.3 is 10.8 Å². The van der Waals surface area contributed by atoms with E-state index in [2.05, 4.69) is 25.3 Å². The molecule has 0 amide bonds. The van der Waals surface area contributed by atoms with E-state index < -0.39 is 67.5 Å². The molecule has 0 fully saturated rings. The quantitative estimate of drug-likeness (QED) is 0.0133. The molecule has 0 radical (unpaired) electrons. The normalized spacial score (nSPS) is 17.9. The number of hydrogen-bond acceptors (Lipinski definition) is 11. The van der Waals surface area contributed by atoms with E-state index in [1.54, 1.807) is 5.48 Å². The van der Waals surface area contributed by atoms with Crippen molar-refractivity contribution in [1.29, 1.82) is 0 Å². The molecular formula is C12H28IN8O11P2-. The number of carbonyl (C=O) groups is 2. The van der Waals surface area contributed by atoms with Crippen LogP contribution in [0, 0.1) is 0 Å². The first-order chi connectivity index (χ1) is 15.6. The van der Waals surface area contributed by atoms with Crippen molar-refractivity contribution < 1.29 is 72.4 Å². The maximum atomic E-state index is 11.8. The molecule has 0 aliphatic heterocycles. The number of halogens is 1. The number of nitrogens with zero attached hydrogens (tertiary/aromatic N) is 2. The average molecular weight is 649 g/mol. The van der Waals surface area contributed by atoms with Crippen molar-refractivity contribution in [3.05, 3.63) is 0 Å². The first-order valence-corrected chi connectivity index (χ1v) is 14.1. The van der Waals surface area contributed by atoms with Crippen molar-refractivity contribution in [3.8, 4) is 0 Å². The third kappa shape index (κ3) is 16.9. The third-order valence-corrected chi connectivity index (χ3v) is 8.35. The van der Waals surface area contributed by atoms with Crippen molar-refractivity contribution in [2.24, 2.45) is 32.9 Å². The van der Waals surface area contributed by atoms with Crippen LogP contribution in [0.3, 0.4) is 0 Å². The fraction of sp³-hybridized carbons (Fsp3) is 0.667. The predicted octanol–water partition coefficient (Wildman–Crippen LogP) is -5.74. The number of guanidine groups is 2. The summed E-state index contributed by atoms with van der Waals surface area (Å²) in [5.41, 5.74) is 23.2. The van der Waals surface area contributed by atoms with Gasteiger partial charge in [0.05, 0.1) is 0 Å². The standard InChI is InChI=1S/C12H28IN8O11P2/c14-7(9(22)23)3-1-5-18-11(16)20-13-30-33(26,27)32-34(28,29)31-21-12(17)19-6-2-4-8(15)10(24)25/h7-8H,1-6,14-15H2,(H,22,23)(H,24,25)(H,26,27)(H,28,29)(H3,16,18,20)(H3,17,19,21)/q-1. The molecule has 0 heterocycles. The molecule has 0 aromatic rings. The van der Waals surface area contributed by atoms with Crippen LogP contribution in [0.25, 0.3) is 0 Å². The van der Waals surface area contributed by atoms with E-state index in [1.165, 1.54) is 0 Å². The summed E-state index contributed by atoms with van der Waals surface area (Å²) >= 11 is -1.82. The van der Waals surface area contributed by atoms with Gasteiger partial charge in [0.2, 0.25) is 0 Å². The van der Waals surface area contributed by atoms with Crippen LogP contribution in [0.4, 0.5) is 0 Å². The van der Waals surface area contributed by atoms with Gasteiger partial charge in [-0.15, -0.1) is 0 Å². The van der Waals surface area contributed by atoms with Gasteiger partial charge in [0.15, 0.2) is 0 Å². The molecule has 19 nitrogen and oxygen atoms in total. The number of carboxylic acids is 2. The molecule has 0 spiro atoms. The van der Waals surface area contributed by atoms with Crippen LogP contribution in [-0.4, -0.2) is 69.0 Å². The molecule has 0 rings (SSSR count). The Kier molecular flexibility index (Phi) is 15.4. The second-order valence-corrected chi connectivity index (χ2v) is 11.2. The predicted molar refractivity (Wildman–Crippen MR) is 112 cm³/mol. The minimum absolute atomic E-state index is 0.00675. The van der Waals surface area contributed by atoms with Gasteiger partial charge in [-0.3, -0.25) is 4.79 Å². The Balaban J connectivity index is 4.33. The summed E-state index contributed by atoms with van der Waals surface area (Å²) < 4.78 is 38.7. The molecule has 0 aromatic heterocycles. The third-order valence-electron chi connectivity index (χ3n) is 3.27. The first-order valence-electron chi connectivity index (χ1n) is 9.12. The Morgan fingerprint density at radius 2 is 1.38 bits per heavy atom. The zero-order valence-electron chi connectivity index (χ0n) is 17.5. The number of nitrogens with one attached hydrogen (secondary N) is 2. The number of hydrogen-bond donors (Lipinski definition) is 10. The minimum atomic E-state index is -5.18. The van der Waals surface area contributed by atoms with Crippen molar-refractivity contribution in [3.63, 3.8) is 0 Å². The van der Waals surface area contributed by atoms with Gasteiger partial charge in [-0.1, -0.05) is 0 Å². The molecule has 0 aliphatic rings. The van der Waals surface area contributed by atoms with E-state index >= 15 is 0 Å². The van der Waals surface area contributed by atoms with Crippen LogP contribution in [-0.2, 0) is 30.5 Å². The maximum absolute atomic E-state index is 11.8. The fourth-order valence-corrected chi connectivity index (χ4v) is 5.39. The molecule has 0 saturated carbocycles. The fourth-order valence-electron chi connectivity index (χ4n) is 1.70. The van der Waals surface area contributed by atoms with E-state index in [1.807, 2.05) is 0 Å². The Morgan fingerprint density at radius 1 is 0.912 bits per heavy atom. The van der Waals surface area contributed by atoms with Crippen molar-refractivity contribution >= 4 is 39.5 Å².